The van der Waals surface area contributed by atoms with Crippen LogP contribution in [0.3, 0.4) is 0 Å². The fourth-order valence-electron chi connectivity index (χ4n) is 1.46. The smallest absolute Gasteiger partial charge is 0.249 e. The summed E-state index contributed by atoms with van der Waals surface area (Å²) in [6.07, 6.45) is 1.10. The van der Waals surface area contributed by atoms with E-state index in [1.807, 2.05) is 0 Å². The third-order valence-corrected chi connectivity index (χ3v) is 2.20. The molecule has 0 atom stereocenters. The maximum Gasteiger partial charge on any atom is 0.249 e. The molecule has 4 heteroatoms. The molecule has 0 radical (unpaired) electrons. The molecule has 1 aromatic carbocycles. The predicted octanol–water partition coefficient (Wildman–Crippen LogP) is 1.99. The lowest BCUT2D eigenvalue weighted by Gasteiger charge is -2.05. The van der Waals surface area contributed by atoms with E-state index in [2.05, 4.69) is 4.98 Å². The second-order valence-electron chi connectivity index (χ2n) is 3.27. The number of halogens is 1. The first-order valence-corrected chi connectivity index (χ1v) is 4.69. The highest BCUT2D eigenvalue weighted by Gasteiger charge is 2.09. The Bertz CT molecular complexity index is 523. The number of hydrogen-bond acceptors (Lipinski definition) is 2. The van der Waals surface area contributed by atoms with E-state index in [1.165, 1.54) is 12.1 Å². The monoisotopic (exact) mass is 216 g/mol. The van der Waals surface area contributed by atoms with Crippen LogP contribution >= 0.6 is 0 Å². The highest BCUT2D eigenvalue weighted by molar-refractivity contribution is 5.99. The zero-order valence-electron chi connectivity index (χ0n) is 8.35. The van der Waals surface area contributed by atoms with Gasteiger partial charge in [0.1, 0.15) is 5.82 Å². The first-order valence-electron chi connectivity index (χ1n) is 4.69. The summed E-state index contributed by atoms with van der Waals surface area (Å²) in [6.45, 7) is 0. The average molecular weight is 216 g/mol. The summed E-state index contributed by atoms with van der Waals surface area (Å²) in [7, 11) is 0. The van der Waals surface area contributed by atoms with Gasteiger partial charge in [-0.15, -0.1) is 0 Å². The van der Waals surface area contributed by atoms with E-state index in [0.29, 0.717) is 16.8 Å². The van der Waals surface area contributed by atoms with Crippen LogP contribution in [0.5, 0.6) is 0 Å². The fraction of sp³-hybridized carbons (Fsp3) is 0. The molecule has 2 aromatic rings. The van der Waals surface area contributed by atoms with Crippen molar-refractivity contribution in [1.82, 2.24) is 4.98 Å². The Labute approximate surface area is 91.7 Å². The summed E-state index contributed by atoms with van der Waals surface area (Å²) in [4.78, 5) is 15.1. The van der Waals surface area contributed by atoms with Crippen LogP contribution in [0.25, 0.3) is 11.3 Å². The van der Waals surface area contributed by atoms with E-state index >= 15 is 0 Å². The van der Waals surface area contributed by atoms with Crippen molar-refractivity contribution in [2.45, 2.75) is 0 Å². The van der Waals surface area contributed by atoms with Crippen molar-refractivity contribution in [3.05, 3.63) is 54.0 Å². The van der Waals surface area contributed by atoms with Crippen LogP contribution in [0.4, 0.5) is 4.39 Å². The molecule has 1 amide bonds. The van der Waals surface area contributed by atoms with E-state index < -0.39 is 11.7 Å². The molecule has 2 rings (SSSR count). The molecular weight excluding hydrogens is 207 g/mol. The number of carbonyl (C=O) groups is 1. The number of pyridine rings is 1. The van der Waals surface area contributed by atoms with Gasteiger partial charge in [-0.25, -0.2) is 4.39 Å². The second-order valence-corrected chi connectivity index (χ2v) is 3.27. The van der Waals surface area contributed by atoms with E-state index in [9.17, 15) is 9.18 Å². The number of aromatic nitrogens is 1. The molecule has 2 N–H and O–H groups in total. The minimum Gasteiger partial charge on any atom is -0.366 e. The summed E-state index contributed by atoms with van der Waals surface area (Å²) in [5, 5.41) is 0. The van der Waals surface area contributed by atoms with E-state index in [0.717, 1.165) is 6.20 Å². The highest BCUT2D eigenvalue weighted by Crippen LogP contribution is 2.21. The summed E-state index contributed by atoms with van der Waals surface area (Å²) in [6, 6.07) is 9.63. The van der Waals surface area contributed by atoms with Crippen LogP contribution in [0.2, 0.25) is 0 Å². The maximum absolute atomic E-state index is 12.7. The van der Waals surface area contributed by atoms with Crippen molar-refractivity contribution in [2.24, 2.45) is 5.73 Å². The van der Waals surface area contributed by atoms with E-state index in [4.69, 9.17) is 5.73 Å². The predicted molar refractivity (Wildman–Crippen MR) is 58.1 cm³/mol. The lowest BCUT2D eigenvalue weighted by Crippen LogP contribution is -2.12. The molecule has 80 valence electrons. The molecular formula is C12H9FN2O. The average Bonchev–Trinajstić information content (AvgIpc) is 2.30. The normalized spacial score (nSPS) is 10.1. The molecule has 0 aliphatic heterocycles. The molecule has 16 heavy (non-hydrogen) atoms. The largest absolute Gasteiger partial charge is 0.366 e. The van der Waals surface area contributed by atoms with Crippen molar-refractivity contribution >= 4 is 5.91 Å². The Morgan fingerprint density at radius 3 is 2.56 bits per heavy atom. The van der Waals surface area contributed by atoms with Crippen LogP contribution in [0, 0.1) is 5.82 Å². The molecule has 3 nitrogen and oxygen atoms in total. The van der Waals surface area contributed by atoms with Crippen molar-refractivity contribution in [1.29, 1.82) is 0 Å². The van der Waals surface area contributed by atoms with Gasteiger partial charge >= 0.3 is 0 Å². The molecule has 0 bridgehead atoms. The Morgan fingerprint density at radius 2 is 1.94 bits per heavy atom. The standard InChI is InChI=1S/C12H9FN2O/c13-8-5-6-11(15-7-8)9-3-1-2-4-10(9)12(14)16/h1-7H,(H2,14,16). The number of benzene rings is 1. The van der Waals surface area contributed by atoms with Crippen LogP contribution in [0.1, 0.15) is 10.4 Å². The summed E-state index contributed by atoms with van der Waals surface area (Å²) < 4.78 is 12.7. The molecule has 0 fully saturated rings. The molecule has 1 aromatic heterocycles. The van der Waals surface area contributed by atoms with E-state index in [1.54, 1.807) is 24.3 Å². The van der Waals surface area contributed by atoms with Crippen LogP contribution in [-0.2, 0) is 0 Å². The maximum atomic E-state index is 12.7. The topological polar surface area (TPSA) is 56.0 Å². The van der Waals surface area contributed by atoms with Gasteiger partial charge in [0.05, 0.1) is 11.9 Å². The van der Waals surface area contributed by atoms with Gasteiger partial charge in [0, 0.05) is 11.1 Å². The van der Waals surface area contributed by atoms with Crippen LogP contribution in [0.15, 0.2) is 42.6 Å². The van der Waals surface area contributed by atoms with Gasteiger partial charge in [-0.05, 0) is 18.2 Å². The lowest BCUT2D eigenvalue weighted by molar-refractivity contribution is 0.100. The number of nitrogens with two attached hydrogens (primary N) is 1. The first kappa shape index (κ1) is 10.3. The summed E-state index contributed by atoms with van der Waals surface area (Å²) in [5.41, 5.74) is 6.75. The van der Waals surface area contributed by atoms with Gasteiger partial charge < -0.3 is 5.73 Å². The first-order chi connectivity index (χ1) is 7.68. The Kier molecular flexibility index (Phi) is 2.64. The zero-order chi connectivity index (χ0) is 11.5. The third-order valence-electron chi connectivity index (χ3n) is 2.20. The quantitative estimate of drug-likeness (QED) is 0.834. The van der Waals surface area contributed by atoms with Gasteiger partial charge in [0.15, 0.2) is 0 Å². The van der Waals surface area contributed by atoms with Gasteiger partial charge in [0.2, 0.25) is 5.91 Å². The number of amides is 1. The van der Waals surface area contributed by atoms with Crippen molar-refractivity contribution in [3.8, 4) is 11.3 Å². The number of nitrogens with zero attached hydrogens (tertiary/aromatic N) is 1. The van der Waals surface area contributed by atoms with Crippen LogP contribution < -0.4 is 5.73 Å². The number of hydrogen-bond donors (Lipinski definition) is 1. The van der Waals surface area contributed by atoms with Gasteiger partial charge in [-0.2, -0.15) is 0 Å². The minimum absolute atomic E-state index is 0.376. The summed E-state index contributed by atoms with van der Waals surface area (Å²) in [5.74, 6) is -0.943. The number of carbonyl (C=O) groups excluding carboxylic acids is 1. The van der Waals surface area contributed by atoms with Gasteiger partial charge in [0.25, 0.3) is 0 Å². The van der Waals surface area contributed by atoms with Crippen molar-refractivity contribution in [2.75, 3.05) is 0 Å². The fourth-order valence-corrected chi connectivity index (χ4v) is 1.46. The lowest BCUT2D eigenvalue weighted by atomic mass is 10.0. The Morgan fingerprint density at radius 1 is 1.19 bits per heavy atom. The van der Waals surface area contributed by atoms with E-state index in [-0.39, 0.29) is 0 Å². The SMILES string of the molecule is NC(=O)c1ccccc1-c1ccc(F)cn1. The highest BCUT2D eigenvalue weighted by atomic mass is 19.1. The molecule has 0 saturated carbocycles. The van der Waals surface area contributed by atoms with Gasteiger partial charge in [-0.3, -0.25) is 9.78 Å². The molecule has 0 spiro atoms. The molecule has 0 saturated heterocycles. The molecule has 0 aliphatic rings. The summed E-state index contributed by atoms with van der Waals surface area (Å²) >= 11 is 0. The molecule has 1 heterocycles. The van der Waals surface area contributed by atoms with Gasteiger partial charge in [-0.1, -0.05) is 18.2 Å². The molecule has 0 aliphatic carbocycles. The minimum atomic E-state index is -0.526. The Hall–Kier alpha value is -2.23. The number of rotatable bonds is 2. The second kappa shape index (κ2) is 4.10. The zero-order valence-corrected chi connectivity index (χ0v) is 8.35. The molecule has 0 unspecified atom stereocenters. The Balaban J connectivity index is 2.55. The third kappa shape index (κ3) is 1.91. The van der Waals surface area contributed by atoms with Crippen molar-refractivity contribution < 1.29 is 9.18 Å². The van der Waals surface area contributed by atoms with Crippen molar-refractivity contribution in [3.63, 3.8) is 0 Å². The number of primary amides is 1. The van der Waals surface area contributed by atoms with Crippen LogP contribution in [-0.4, -0.2) is 10.9 Å².